The van der Waals surface area contributed by atoms with Gasteiger partial charge in [0.15, 0.2) is 12.0 Å². The molecule has 0 amide bonds. The highest BCUT2D eigenvalue weighted by Gasteiger charge is 2.31. The van der Waals surface area contributed by atoms with Crippen LogP contribution in [0.15, 0.2) is 27.5 Å². The van der Waals surface area contributed by atoms with Gasteiger partial charge in [0, 0.05) is 0 Å². The molecular formula is C8H4FN3O2S. The molecule has 76 valence electrons. The van der Waals surface area contributed by atoms with Crippen LogP contribution in [0.3, 0.4) is 0 Å². The molecule has 0 aromatic heterocycles. The third-order valence-electron chi connectivity index (χ3n) is 1.88. The first kappa shape index (κ1) is 9.61. The Kier molecular flexibility index (Phi) is 1.94. The van der Waals surface area contributed by atoms with Crippen LogP contribution in [0.25, 0.3) is 0 Å². The van der Waals surface area contributed by atoms with Gasteiger partial charge in [-0.3, -0.25) is 5.32 Å². The van der Waals surface area contributed by atoms with E-state index in [2.05, 4.69) is 4.40 Å². The Morgan fingerprint density at radius 2 is 2.20 bits per heavy atom. The van der Waals surface area contributed by atoms with Gasteiger partial charge in [-0.1, -0.05) is 6.07 Å². The van der Waals surface area contributed by atoms with E-state index in [9.17, 15) is 12.8 Å². The summed E-state index contributed by atoms with van der Waals surface area (Å²) in [7, 11) is -3.87. The molecule has 0 radical (unpaired) electrons. The molecule has 1 aromatic rings. The van der Waals surface area contributed by atoms with E-state index in [4.69, 9.17) is 5.26 Å². The largest absolute Gasteiger partial charge is 0.285 e. The first-order valence-corrected chi connectivity index (χ1v) is 5.29. The maximum atomic E-state index is 13.3. The van der Waals surface area contributed by atoms with Crippen molar-refractivity contribution >= 4 is 15.9 Å². The molecule has 0 saturated carbocycles. The van der Waals surface area contributed by atoms with Crippen LogP contribution >= 0.6 is 0 Å². The van der Waals surface area contributed by atoms with Crippen LogP contribution in [-0.4, -0.2) is 14.3 Å². The average molecular weight is 225 g/mol. The summed E-state index contributed by atoms with van der Waals surface area (Å²) in [6, 6.07) is 3.62. The van der Waals surface area contributed by atoms with E-state index in [1.807, 2.05) is 5.32 Å². The van der Waals surface area contributed by atoms with Crippen LogP contribution < -0.4 is 5.32 Å². The number of nitriles is 1. The van der Waals surface area contributed by atoms with Crippen LogP contribution in [0.2, 0.25) is 0 Å². The van der Waals surface area contributed by atoms with Crippen LogP contribution in [0, 0.1) is 17.3 Å². The Morgan fingerprint density at radius 3 is 2.87 bits per heavy atom. The van der Waals surface area contributed by atoms with Crippen molar-refractivity contribution in [2.24, 2.45) is 4.40 Å². The maximum absolute atomic E-state index is 13.3. The second-order valence-electron chi connectivity index (χ2n) is 2.76. The molecule has 5 nitrogen and oxygen atoms in total. The minimum absolute atomic E-state index is 0.181. The number of benzene rings is 1. The molecule has 1 heterocycles. The molecule has 1 N–H and O–H groups in total. The van der Waals surface area contributed by atoms with Gasteiger partial charge in [-0.2, -0.15) is 13.7 Å². The molecule has 1 aliphatic heterocycles. The number of hydrogen-bond donors (Lipinski definition) is 1. The van der Waals surface area contributed by atoms with Crippen LogP contribution in [0.4, 0.5) is 4.39 Å². The van der Waals surface area contributed by atoms with Crippen molar-refractivity contribution in [1.82, 2.24) is 5.32 Å². The summed E-state index contributed by atoms with van der Waals surface area (Å²) < 4.78 is 39.3. The Labute approximate surface area is 84.9 Å². The highest BCUT2D eigenvalue weighted by atomic mass is 32.2. The zero-order valence-electron chi connectivity index (χ0n) is 7.23. The number of amidine groups is 1. The van der Waals surface area contributed by atoms with Crippen molar-refractivity contribution in [3.05, 3.63) is 29.6 Å². The quantitative estimate of drug-likeness (QED) is 0.510. The highest BCUT2D eigenvalue weighted by Crippen LogP contribution is 2.27. The molecule has 0 bridgehead atoms. The van der Waals surface area contributed by atoms with Crippen molar-refractivity contribution in [2.75, 3.05) is 0 Å². The molecule has 0 saturated heterocycles. The second kappa shape index (κ2) is 3.03. The molecule has 1 aliphatic rings. The van der Waals surface area contributed by atoms with Gasteiger partial charge in [-0.05, 0) is 12.1 Å². The van der Waals surface area contributed by atoms with Gasteiger partial charge < -0.3 is 0 Å². The van der Waals surface area contributed by atoms with E-state index >= 15 is 0 Å². The first-order chi connectivity index (χ1) is 7.06. The lowest BCUT2D eigenvalue weighted by Crippen LogP contribution is -2.18. The number of nitrogens with zero attached hydrogens (tertiary/aromatic N) is 2. The zero-order chi connectivity index (χ0) is 11.1. The van der Waals surface area contributed by atoms with Gasteiger partial charge in [0.2, 0.25) is 0 Å². The number of fused-ring (bicyclic) bond motifs is 1. The average Bonchev–Trinajstić information content (AvgIpc) is 2.41. The number of sulfonamides is 1. The Bertz CT molecular complexity index is 601. The van der Waals surface area contributed by atoms with Crippen LogP contribution in [-0.2, 0) is 10.0 Å². The number of nitrogens with one attached hydrogen (secondary N) is 1. The zero-order valence-corrected chi connectivity index (χ0v) is 8.05. The number of halogens is 1. The molecule has 0 aliphatic carbocycles. The van der Waals surface area contributed by atoms with Gasteiger partial charge in [-0.15, -0.1) is 4.40 Å². The molecule has 0 unspecified atom stereocenters. The lowest BCUT2D eigenvalue weighted by atomic mass is 10.2. The predicted octanol–water partition coefficient (Wildman–Crippen LogP) is 0.345. The minimum atomic E-state index is -3.87. The molecule has 7 heteroatoms. The fraction of sp³-hybridized carbons (Fsp3) is 0. The summed E-state index contributed by atoms with van der Waals surface area (Å²) >= 11 is 0. The Balaban J connectivity index is 2.75. The number of rotatable bonds is 0. The molecule has 0 fully saturated rings. The van der Waals surface area contributed by atoms with E-state index < -0.39 is 15.8 Å². The van der Waals surface area contributed by atoms with Crippen molar-refractivity contribution in [1.29, 1.82) is 5.26 Å². The lowest BCUT2D eigenvalue weighted by molar-refractivity contribution is 0.595. The fourth-order valence-electron chi connectivity index (χ4n) is 1.30. The van der Waals surface area contributed by atoms with Crippen molar-refractivity contribution < 1.29 is 12.8 Å². The molecule has 2 rings (SSSR count). The van der Waals surface area contributed by atoms with Crippen LogP contribution in [0.5, 0.6) is 0 Å². The third kappa shape index (κ3) is 1.35. The smallest absolute Gasteiger partial charge is 0.276 e. The number of hydrogen-bond acceptors (Lipinski definition) is 4. The van der Waals surface area contributed by atoms with E-state index in [1.165, 1.54) is 18.3 Å². The molecular weight excluding hydrogens is 221 g/mol. The summed E-state index contributed by atoms with van der Waals surface area (Å²) in [5.41, 5.74) is -0.181. The van der Waals surface area contributed by atoms with Crippen molar-refractivity contribution in [3.63, 3.8) is 0 Å². The van der Waals surface area contributed by atoms with Gasteiger partial charge in [0.05, 0.1) is 5.56 Å². The third-order valence-corrected chi connectivity index (χ3v) is 3.19. The van der Waals surface area contributed by atoms with Crippen molar-refractivity contribution in [2.45, 2.75) is 4.90 Å². The monoisotopic (exact) mass is 225 g/mol. The summed E-state index contributed by atoms with van der Waals surface area (Å²) in [4.78, 5) is -0.222. The van der Waals surface area contributed by atoms with Gasteiger partial charge >= 0.3 is 0 Å². The Morgan fingerprint density at radius 1 is 1.47 bits per heavy atom. The molecule has 0 atom stereocenters. The highest BCUT2D eigenvalue weighted by molar-refractivity contribution is 7.90. The summed E-state index contributed by atoms with van der Waals surface area (Å²) in [5, 5.41) is 10.4. The molecule has 1 aromatic carbocycles. The van der Waals surface area contributed by atoms with Crippen LogP contribution in [0.1, 0.15) is 5.56 Å². The van der Waals surface area contributed by atoms with E-state index in [0.29, 0.717) is 0 Å². The first-order valence-electron chi connectivity index (χ1n) is 3.85. The standard InChI is InChI=1S/C8H4FN3O2S/c9-5-2-1-3-6-7(5)8(11-4-10)12-15(6,13)14/h1-3H,(H,11,12). The van der Waals surface area contributed by atoms with E-state index in [-0.39, 0.29) is 16.3 Å². The summed E-state index contributed by atoms with van der Waals surface area (Å²) in [6.45, 7) is 0. The van der Waals surface area contributed by atoms with E-state index in [0.717, 1.165) is 6.07 Å². The second-order valence-corrected chi connectivity index (χ2v) is 4.34. The topological polar surface area (TPSA) is 82.3 Å². The van der Waals surface area contributed by atoms with Gasteiger partial charge in [0.1, 0.15) is 10.7 Å². The van der Waals surface area contributed by atoms with E-state index in [1.54, 1.807) is 0 Å². The van der Waals surface area contributed by atoms with Gasteiger partial charge in [0.25, 0.3) is 10.0 Å². The lowest BCUT2D eigenvalue weighted by Gasteiger charge is -1.99. The molecule has 0 spiro atoms. The minimum Gasteiger partial charge on any atom is -0.276 e. The molecule has 15 heavy (non-hydrogen) atoms. The van der Waals surface area contributed by atoms with Gasteiger partial charge in [-0.25, -0.2) is 4.39 Å². The summed E-state index contributed by atoms with van der Waals surface area (Å²) in [6.07, 6.45) is 1.50. The normalized spacial score (nSPS) is 16.4. The van der Waals surface area contributed by atoms with Crippen molar-refractivity contribution in [3.8, 4) is 6.19 Å². The SMILES string of the molecule is N#CNC1=NS(=O)(=O)c2cccc(F)c21. The predicted molar refractivity (Wildman–Crippen MR) is 48.9 cm³/mol. The summed E-state index contributed by atoms with van der Waals surface area (Å²) in [5.74, 6) is -0.999. The Hall–Kier alpha value is -1.94. The maximum Gasteiger partial charge on any atom is 0.285 e. The fourth-order valence-corrected chi connectivity index (χ4v) is 2.48.